The monoisotopic (exact) mass is 551 g/mol. The summed E-state index contributed by atoms with van der Waals surface area (Å²) < 4.78 is 6.99. The number of para-hydroxylation sites is 1. The summed E-state index contributed by atoms with van der Waals surface area (Å²) in [6, 6.07) is 30.1. The highest BCUT2D eigenvalue weighted by atomic mass is 32.1. The van der Waals surface area contributed by atoms with Gasteiger partial charge in [0.2, 0.25) is 5.95 Å². The van der Waals surface area contributed by atoms with Crippen molar-refractivity contribution >= 4 is 96.8 Å². The van der Waals surface area contributed by atoms with Gasteiger partial charge in [0, 0.05) is 41.0 Å². The number of rotatable bonds is 4. The normalized spacial score (nSPS) is 12.8. The van der Waals surface area contributed by atoms with Gasteiger partial charge in [-0.3, -0.25) is 9.36 Å². The summed E-state index contributed by atoms with van der Waals surface area (Å²) in [6.07, 6.45) is 5.99. The van der Waals surface area contributed by atoms with Gasteiger partial charge in [-0.15, -0.1) is 22.7 Å². The smallest absolute Gasteiger partial charge is 0.235 e. The number of aromatic nitrogens is 3. The van der Waals surface area contributed by atoms with Crippen LogP contribution in [0.2, 0.25) is 0 Å². The van der Waals surface area contributed by atoms with E-state index in [1.807, 2.05) is 24.3 Å². The summed E-state index contributed by atoms with van der Waals surface area (Å²) in [6.45, 7) is 2.04. The molecule has 0 aliphatic carbocycles. The van der Waals surface area contributed by atoms with Crippen LogP contribution in [0.5, 0.6) is 0 Å². The van der Waals surface area contributed by atoms with Crippen LogP contribution in [0.1, 0.15) is 12.6 Å². The molecule has 4 aromatic carbocycles. The van der Waals surface area contributed by atoms with Crippen LogP contribution in [0.4, 0.5) is 0 Å². The third-order valence-corrected chi connectivity index (χ3v) is 9.79. The fraction of sp³-hybridized carbons (Fsp3) is 0.0294. The van der Waals surface area contributed by atoms with Crippen molar-refractivity contribution in [3.63, 3.8) is 0 Å². The zero-order chi connectivity index (χ0) is 26.8. The maximum atomic E-state index is 10.9. The predicted octanol–water partition coefficient (Wildman–Crippen LogP) is 9.47. The minimum absolute atomic E-state index is 0.642. The van der Waals surface area contributed by atoms with E-state index in [1.165, 1.54) is 41.7 Å². The lowest BCUT2D eigenvalue weighted by Crippen LogP contribution is -2.03. The Morgan fingerprint density at radius 3 is 2.25 bits per heavy atom. The summed E-state index contributed by atoms with van der Waals surface area (Å²) in [5, 5.41) is 6.00. The third kappa shape index (κ3) is 3.40. The number of hydrogen-bond donors (Lipinski definition) is 0. The number of fused-ring (bicyclic) bond motifs is 9. The van der Waals surface area contributed by atoms with E-state index in [9.17, 15) is 4.79 Å². The molecule has 8 aromatic rings. The first-order chi connectivity index (χ1) is 19.7. The minimum atomic E-state index is 0.642. The molecule has 0 N–H and O–H groups in total. The lowest BCUT2D eigenvalue weighted by Gasteiger charge is -2.10. The molecule has 0 bridgehead atoms. The van der Waals surface area contributed by atoms with Crippen LogP contribution in [0.25, 0.3) is 73.8 Å². The Kier molecular flexibility index (Phi) is 5.20. The maximum absolute atomic E-state index is 10.9. The lowest BCUT2D eigenvalue weighted by atomic mass is 10.1. The van der Waals surface area contributed by atoms with E-state index in [0.29, 0.717) is 5.95 Å². The van der Waals surface area contributed by atoms with Crippen LogP contribution < -0.4 is 0 Å². The fourth-order valence-electron chi connectivity index (χ4n) is 5.67. The van der Waals surface area contributed by atoms with Gasteiger partial charge < -0.3 is 0 Å². The van der Waals surface area contributed by atoms with E-state index < -0.39 is 0 Å². The molecule has 40 heavy (non-hydrogen) atoms. The average Bonchev–Trinajstić information content (AvgIpc) is 3.64. The van der Waals surface area contributed by atoms with E-state index >= 15 is 0 Å². The molecule has 0 atom stereocenters. The summed E-state index contributed by atoms with van der Waals surface area (Å²) in [5.74, 6) is 0.642. The Labute approximate surface area is 237 Å². The summed E-state index contributed by atoms with van der Waals surface area (Å²) in [5.41, 5.74) is 4.96. The second kappa shape index (κ2) is 8.95. The Morgan fingerprint density at radius 1 is 0.700 bits per heavy atom. The van der Waals surface area contributed by atoms with Gasteiger partial charge >= 0.3 is 0 Å². The molecule has 0 saturated carbocycles. The second-order valence-corrected chi connectivity index (χ2v) is 12.0. The number of hydrogen-bond acceptors (Lipinski definition) is 5. The number of allylic oxidation sites excluding steroid dienone is 4. The average molecular weight is 552 g/mol. The first-order valence-corrected chi connectivity index (χ1v) is 14.7. The topological polar surface area (TPSA) is 47.8 Å². The van der Waals surface area contributed by atoms with Crippen LogP contribution in [0.3, 0.4) is 0 Å². The highest BCUT2D eigenvalue weighted by Gasteiger charge is 2.20. The lowest BCUT2D eigenvalue weighted by molar-refractivity contribution is -0.104. The number of nitrogens with zero attached hydrogens (tertiary/aromatic N) is 3. The number of benzene rings is 4. The van der Waals surface area contributed by atoms with E-state index in [-0.39, 0.29) is 0 Å². The van der Waals surface area contributed by atoms with Crippen molar-refractivity contribution in [2.75, 3.05) is 0 Å². The Morgan fingerprint density at radius 2 is 1.43 bits per heavy atom. The van der Waals surface area contributed by atoms with Crippen LogP contribution in [0.15, 0.2) is 103 Å². The number of aldehydes is 1. The molecule has 0 aliphatic rings. The van der Waals surface area contributed by atoms with Crippen LogP contribution >= 0.6 is 22.7 Å². The molecule has 0 aliphatic heterocycles. The molecule has 0 unspecified atom stereocenters. The SMILES string of the molecule is C/C(=C\C=C/C=O)c1nc(-n2c3ccccc3c3cc4sc5ccccc5c4cc32)nc2c1sc1ccccc12. The minimum Gasteiger partial charge on any atom is -0.299 e. The molecule has 6 heteroatoms. The van der Waals surface area contributed by atoms with Crippen LogP contribution in [0, 0.1) is 0 Å². The van der Waals surface area contributed by atoms with Gasteiger partial charge in [-0.05, 0) is 48.9 Å². The van der Waals surface area contributed by atoms with Crippen molar-refractivity contribution in [1.29, 1.82) is 0 Å². The van der Waals surface area contributed by atoms with Gasteiger partial charge in [-0.25, -0.2) is 9.97 Å². The number of carbonyl (C=O) groups excluding carboxylic acids is 1. The van der Waals surface area contributed by atoms with Gasteiger partial charge in [0.05, 0.1) is 26.9 Å². The Balaban J connectivity index is 1.51. The Bertz CT molecular complexity index is 2370. The number of thiophene rings is 2. The molecule has 0 saturated heterocycles. The molecular weight excluding hydrogens is 531 g/mol. The first-order valence-electron chi connectivity index (χ1n) is 13.0. The largest absolute Gasteiger partial charge is 0.299 e. The Hall–Kier alpha value is -4.65. The molecule has 190 valence electrons. The zero-order valence-corrected chi connectivity index (χ0v) is 23.1. The molecule has 0 amide bonds. The van der Waals surface area contributed by atoms with Crippen molar-refractivity contribution in [1.82, 2.24) is 14.5 Å². The second-order valence-electron chi connectivity index (χ2n) is 9.84. The van der Waals surface area contributed by atoms with Crippen molar-refractivity contribution in [2.45, 2.75) is 6.92 Å². The van der Waals surface area contributed by atoms with E-state index in [2.05, 4.69) is 89.5 Å². The molecule has 8 rings (SSSR count). The quantitative estimate of drug-likeness (QED) is 0.124. The molecule has 0 fully saturated rings. The van der Waals surface area contributed by atoms with Gasteiger partial charge in [0.15, 0.2) is 0 Å². The van der Waals surface area contributed by atoms with E-state index in [1.54, 1.807) is 17.4 Å². The molecule has 4 aromatic heterocycles. The predicted molar refractivity (Wildman–Crippen MR) is 171 cm³/mol. The fourth-order valence-corrected chi connectivity index (χ4v) is 8.00. The van der Waals surface area contributed by atoms with E-state index in [4.69, 9.17) is 9.97 Å². The van der Waals surface area contributed by atoms with E-state index in [0.717, 1.165) is 44.2 Å². The van der Waals surface area contributed by atoms with Gasteiger partial charge in [0.25, 0.3) is 0 Å². The molecule has 0 radical (unpaired) electrons. The summed E-state index contributed by atoms with van der Waals surface area (Å²) >= 11 is 3.54. The molecule has 4 nitrogen and oxygen atoms in total. The van der Waals surface area contributed by atoms with Gasteiger partial charge in [-0.2, -0.15) is 0 Å². The van der Waals surface area contributed by atoms with Crippen molar-refractivity contribution in [3.8, 4) is 5.95 Å². The standard InChI is InChI=1S/C34H21N3OS2/c1-20(10-8-9-17-38)31-33-32(23-13-4-7-16-29(23)40-33)36-34(35-31)37-26-14-5-2-11-21(26)24-19-30-25(18-27(24)37)22-12-3-6-15-28(22)39-30/h2-19H,1H3/b9-8-,20-10+. The molecular formula is C34H21N3OS2. The molecule has 0 spiro atoms. The first kappa shape index (κ1) is 23.3. The van der Waals surface area contributed by atoms with Crippen molar-refractivity contribution < 1.29 is 4.79 Å². The highest BCUT2D eigenvalue weighted by molar-refractivity contribution is 7.26. The van der Waals surface area contributed by atoms with Crippen molar-refractivity contribution in [3.05, 3.63) is 109 Å². The molecule has 4 heterocycles. The highest BCUT2D eigenvalue weighted by Crippen LogP contribution is 2.41. The summed E-state index contributed by atoms with van der Waals surface area (Å²) in [4.78, 5) is 21.4. The van der Waals surface area contributed by atoms with Crippen molar-refractivity contribution in [2.24, 2.45) is 0 Å². The third-order valence-electron chi connectivity index (χ3n) is 7.49. The van der Waals surface area contributed by atoms with Crippen LogP contribution in [-0.4, -0.2) is 20.8 Å². The zero-order valence-electron chi connectivity index (χ0n) is 21.5. The van der Waals surface area contributed by atoms with Crippen LogP contribution in [-0.2, 0) is 4.79 Å². The number of carbonyl (C=O) groups is 1. The van der Waals surface area contributed by atoms with Gasteiger partial charge in [-0.1, -0.05) is 66.7 Å². The van der Waals surface area contributed by atoms with Gasteiger partial charge in [0.1, 0.15) is 6.29 Å². The summed E-state index contributed by atoms with van der Waals surface area (Å²) in [7, 11) is 0. The maximum Gasteiger partial charge on any atom is 0.235 e.